The molecule has 2 aliphatic heterocycles. The van der Waals surface area contributed by atoms with Crippen LogP contribution in [0.4, 0.5) is 14.9 Å². The molecule has 2 aromatic carbocycles. The number of hydrogen-bond donors (Lipinski definition) is 2. The van der Waals surface area contributed by atoms with E-state index in [4.69, 9.17) is 14.2 Å². The maximum atomic E-state index is 15.0. The van der Waals surface area contributed by atoms with E-state index < -0.39 is 36.2 Å². The number of rotatable bonds is 9. The van der Waals surface area contributed by atoms with Gasteiger partial charge < -0.3 is 34.4 Å². The van der Waals surface area contributed by atoms with E-state index in [2.05, 4.69) is 10.4 Å². The van der Waals surface area contributed by atoms with Gasteiger partial charge in [0.25, 0.3) is 0 Å². The number of aliphatic hydroxyl groups excluding tert-OH is 1. The number of cyclic esters (lactones) is 1. The van der Waals surface area contributed by atoms with E-state index in [1.807, 2.05) is 68.2 Å². The van der Waals surface area contributed by atoms with Crippen molar-refractivity contribution in [1.82, 2.24) is 20.0 Å². The number of halogens is 1. The highest BCUT2D eigenvalue weighted by Crippen LogP contribution is 2.27. The zero-order valence-electron chi connectivity index (χ0n) is 30.8. The fraction of sp³-hybridized carbons (Fsp3) is 0.450. The lowest BCUT2D eigenvalue weighted by Crippen LogP contribution is -2.49. The fourth-order valence-corrected chi connectivity index (χ4v) is 6.59. The molecular weight excluding hydrogens is 681 g/mol. The van der Waals surface area contributed by atoms with Crippen LogP contribution in [-0.2, 0) is 32.2 Å². The van der Waals surface area contributed by atoms with Crippen molar-refractivity contribution in [2.45, 2.75) is 71.4 Å². The van der Waals surface area contributed by atoms with Crippen molar-refractivity contribution < 1.29 is 38.1 Å². The summed E-state index contributed by atoms with van der Waals surface area (Å²) in [5.74, 6) is -0.745. The molecule has 0 spiro atoms. The van der Waals surface area contributed by atoms with E-state index in [-0.39, 0.29) is 37.3 Å². The molecule has 0 bridgehead atoms. The molecule has 3 aromatic rings. The minimum Gasteiger partial charge on any atom is -0.497 e. The van der Waals surface area contributed by atoms with Gasteiger partial charge in [-0.3, -0.25) is 14.3 Å². The van der Waals surface area contributed by atoms with E-state index in [0.717, 1.165) is 11.3 Å². The Labute approximate surface area is 310 Å². The third-order valence-corrected chi connectivity index (χ3v) is 9.70. The molecule has 0 unspecified atom stereocenters. The monoisotopic (exact) mass is 731 g/mol. The van der Waals surface area contributed by atoms with Gasteiger partial charge in [-0.05, 0) is 84.9 Å². The summed E-state index contributed by atoms with van der Waals surface area (Å²) in [6, 6.07) is 13.9. The Hall–Kier alpha value is -5.17. The highest BCUT2D eigenvalue weighted by molar-refractivity contribution is 5.76. The standard InChI is InChI=1S/C40H50FN5O7/c1-27-6-10-34(47)24-38(49)53-39(28(2)7-13-36(27)52-40(50)42-25-30-8-11-35(51-4)12-9-30)29(3)20-31-21-32(41)23-33(22-31)44-16-18-45(19-17-44)37(48)26-46-15-5-14-43-46/h5,7-9,11-15,20-23,27-28,34,36,39,47H,6,10,16-19,24-26H2,1-4H3,(H,42,50)/b13-7+,29-20+/t27-,28+,34-,36+,39+/m0/s1. The SMILES string of the molecule is COc1ccc(CNC(=O)O[C@@H]2/C=C/[C@@H](C)[C@H](/C(C)=C/c3cc(F)cc(N4CCN(C(=O)Cn5cccn5)CC4)c3)OC(=O)C[C@@H](O)CC[C@@H]2C)cc1. The lowest BCUT2D eigenvalue weighted by molar-refractivity contribution is -0.151. The Bertz CT molecular complexity index is 1740. The van der Waals surface area contributed by atoms with Crippen molar-refractivity contribution in [2.75, 3.05) is 38.2 Å². The Kier molecular flexibility index (Phi) is 13.7. The quantitative estimate of drug-likeness (QED) is 0.220. The van der Waals surface area contributed by atoms with Crippen molar-refractivity contribution in [1.29, 1.82) is 0 Å². The topological polar surface area (TPSA) is 135 Å². The lowest BCUT2D eigenvalue weighted by atomic mass is 9.91. The van der Waals surface area contributed by atoms with Crippen LogP contribution in [0.15, 0.2) is 78.6 Å². The molecule has 12 nitrogen and oxygen atoms in total. The minimum atomic E-state index is -0.926. The number of carbonyl (C=O) groups is 3. The Morgan fingerprint density at radius 2 is 1.83 bits per heavy atom. The predicted molar refractivity (Wildman–Crippen MR) is 198 cm³/mol. The zero-order chi connectivity index (χ0) is 37.9. The zero-order valence-corrected chi connectivity index (χ0v) is 30.8. The second kappa shape index (κ2) is 18.5. The summed E-state index contributed by atoms with van der Waals surface area (Å²) in [5.41, 5.74) is 2.84. The van der Waals surface area contributed by atoms with Gasteiger partial charge in [-0.1, -0.05) is 38.1 Å². The molecule has 2 aliphatic rings. The molecule has 1 saturated heterocycles. The van der Waals surface area contributed by atoms with Gasteiger partial charge in [0.05, 0.1) is 19.6 Å². The van der Waals surface area contributed by atoms with E-state index in [9.17, 15) is 19.5 Å². The van der Waals surface area contributed by atoms with Crippen LogP contribution in [-0.4, -0.2) is 89.4 Å². The summed E-state index contributed by atoms with van der Waals surface area (Å²) in [4.78, 5) is 42.5. The number of methoxy groups -OCH3 is 1. The number of piperazine rings is 1. The number of hydrogen-bond acceptors (Lipinski definition) is 9. The smallest absolute Gasteiger partial charge is 0.408 e. The number of alkyl carbamates (subject to hydrolysis) is 1. The van der Waals surface area contributed by atoms with Crippen LogP contribution < -0.4 is 15.0 Å². The number of esters is 1. The minimum absolute atomic E-state index is 0.0190. The van der Waals surface area contributed by atoms with Crippen molar-refractivity contribution >= 4 is 29.7 Å². The molecule has 1 aromatic heterocycles. The normalized spacial score (nSPS) is 23.6. The molecule has 5 atom stereocenters. The molecule has 53 heavy (non-hydrogen) atoms. The summed E-state index contributed by atoms with van der Waals surface area (Å²) in [7, 11) is 1.59. The van der Waals surface area contributed by atoms with Crippen LogP contribution in [0.25, 0.3) is 6.08 Å². The van der Waals surface area contributed by atoms with Crippen molar-refractivity contribution in [3.05, 3.63) is 95.6 Å². The summed E-state index contributed by atoms with van der Waals surface area (Å²) in [6.07, 6.45) is 6.68. The molecule has 0 saturated carbocycles. The average Bonchev–Trinajstić information content (AvgIpc) is 3.66. The number of ether oxygens (including phenoxy) is 3. The second-order valence-corrected chi connectivity index (χ2v) is 13.8. The number of aromatic nitrogens is 2. The molecule has 2 N–H and O–H groups in total. The molecule has 5 rings (SSSR count). The number of carbonyl (C=O) groups excluding carboxylic acids is 3. The highest BCUT2D eigenvalue weighted by Gasteiger charge is 2.28. The average molecular weight is 732 g/mol. The van der Waals surface area contributed by atoms with Crippen LogP contribution in [0.2, 0.25) is 0 Å². The van der Waals surface area contributed by atoms with Crippen molar-refractivity contribution in [3.8, 4) is 5.75 Å². The number of amides is 2. The first-order valence-corrected chi connectivity index (χ1v) is 18.1. The first-order valence-electron chi connectivity index (χ1n) is 18.1. The summed E-state index contributed by atoms with van der Waals surface area (Å²) in [5, 5.41) is 17.6. The van der Waals surface area contributed by atoms with Crippen LogP contribution in [0.5, 0.6) is 5.75 Å². The van der Waals surface area contributed by atoms with E-state index in [1.54, 1.807) is 41.2 Å². The third kappa shape index (κ3) is 11.4. The summed E-state index contributed by atoms with van der Waals surface area (Å²) in [6.45, 7) is 8.19. The maximum absolute atomic E-state index is 15.0. The summed E-state index contributed by atoms with van der Waals surface area (Å²) >= 11 is 0. The highest BCUT2D eigenvalue weighted by atomic mass is 19.1. The Balaban J connectivity index is 1.27. The maximum Gasteiger partial charge on any atom is 0.408 e. The van der Waals surface area contributed by atoms with Gasteiger partial charge in [0, 0.05) is 56.7 Å². The van der Waals surface area contributed by atoms with Crippen LogP contribution in [0.1, 0.15) is 51.2 Å². The first kappa shape index (κ1) is 39.0. The summed E-state index contributed by atoms with van der Waals surface area (Å²) < 4.78 is 33.6. The number of benzene rings is 2. The van der Waals surface area contributed by atoms with Gasteiger partial charge in [0.1, 0.15) is 30.3 Å². The van der Waals surface area contributed by atoms with Crippen molar-refractivity contribution in [2.24, 2.45) is 11.8 Å². The molecule has 1 fully saturated rings. The largest absolute Gasteiger partial charge is 0.497 e. The van der Waals surface area contributed by atoms with Crippen LogP contribution >= 0.6 is 0 Å². The van der Waals surface area contributed by atoms with E-state index in [1.165, 1.54) is 12.1 Å². The lowest BCUT2D eigenvalue weighted by Gasteiger charge is -2.36. The number of aliphatic hydroxyl groups is 1. The number of nitrogens with one attached hydrogen (secondary N) is 1. The number of nitrogens with zero attached hydrogens (tertiary/aromatic N) is 4. The molecule has 2 amide bonds. The molecule has 3 heterocycles. The molecular formula is C40H50FN5O7. The fourth-order valence-electron chi connectivity index (χ4n) is 6.59. The van der Waals surface area contributed by atoms with E-state index in [0.29, 0.717) is 55.8 Å². The number of anilines is 1. The van der Waals surface area contributed by atoms with E-state index >= 15 is 4.39 Å². The van der Waals surface area contributed by atoms with Gasteiger partial charge >= 0.3 is 12.1 Å². The first-order chi connectivity index (χ1) is 25.5. The van der Waals surface area contributed by atoms with Gasteiger partial charge in [-0.15, -0.1) is 0 Å². The van der Waals surface area contributed by atoms with Crippen LogP contribution in [0.3, 0.4) is 0 Å². The van der Waals surface area contributed by atoms with Gasteiger partial charge in [0.2, 0.25) is 5.91 Å². The molecule has 0 aliphatic carbocycles. The van der Waals surface area contributed by atoms with Gasteiger partial charge in [-0.2, -0.15) is 5.10 Å². The molecule has 284 valence electrons. The predicted octanol–water partition coefficient (Wildman–Crippen LogP) is 5.36. The van der Waals surface area contributed by atoms with Crippen molar-refractivity contribution in [3.63, 3.8) is 0 Å². The molecule has 13 heteroatoms. The third-order valence-electron chi connectivity index (χ3n) is 9.70. The second-order valence-electron chi connectivity index (χ2n) is 13.8. The van der Waals surface area contributed by atoms with Gasteiger partial charge in [0.15, 0.2) is 0 Å². The Morgan fingerprint density at radius 3 is 2.53 bits per heavy atom. The Morgan fingerprint density at radius 1 is 1.08 bits per heavy atom. The van der Waals surface area contributed by atoms with Gasteiger partial charge in [-0.25, -0.2) is 9.18 Å². The molecule has 0 radical (unpaired) electrons. The van der Waals surface area contributed by atoms with Crippen LogP contribution in [0, 0.1) is 17.7 Å².